The molecule has 0 fully saturated rings. The SMILES string of the molecule is Fc1[c-]ccc(F)c1C(F)(F)F.[Li+]. The average Bonchev–Trinajstić information content (AvgIpc) is 1.82. The summed E-state index contributed by atoms with van der Waals surface area (Å²) in [5, 5.41) is 0. The van der Waals surface area contributed by atoms with Crippen molar-refractivity contribution in [1.82, 2.24) is 0 Å². The van der Waals surface area contributed by atoms with Crippen molar-refractivity contribution in [2.45, 2.75) is 6.18 Å². The van der Waals surface area contributed by atoms with Gasteiger partial charge in [-0.15, -0.1) is 12.1 Å². The van der Waals surface area contributed by atoms with E-state index >= 15 is 0 Å². The van der Waals surface area contributed by atoms with E-state index in [-0.39, 0.29) is 18.9 Å². The molecule has 1 aromatic rings. The molecule has 0 aliphatic heterocycles. The molecule has 0 aromatic heterocycles. The molecule has 1 rings (SSSR count). The van der Waals surface area contributed by atoms with Gasteiger partial charge in [-0.05, 0) is 0 Å². The van der Waals surface area contributed by atoms with Gasteiger partial charge in [0.15, 0.2) is 0 Å². The zero-order valence-corrected chi connectivity index (χ0v) is 6.54. The summed E-state index contributed by atoms with van der Waals surface area (Å²) in [6.07, 6.45) is -5.01. The fraction of sp³-hybridized carbons (Fsp3) is 0.143. The summed E-state index contributed by atoms with van der Waals surface area (Å²) < 4.78 is 60.1. The van der Waals surface area contributed by atoms with Crippen molar-refractivity contribution in [2.75, 3.05) is 0 Å². The number of hydrogen-bond acceptors (Lipinski definition) is 0. The quantitative estimate of drug-likeness (QED) is 0.300. The maximum absolute atomic E-state index is 12.4. The third kappa shape index (κ3) is 2.71. The smallest absolute Gasteiger partial charge is 0.235 e. The second kappa shape index (κ2) is 4.12. The number of halogens is 5. The fourth-order valence-electron chi connectivity index (χ4n) is 0.708. The van der Waals surface area contributed by atoms with Crippen LogP contribution in [0.2, 0.25) is 0 Å². The molecule has 0 saturated heterocycles. The maximum atomic E-state index is 12.4. The molecule has 0 unspecified atom stereocenters. The first kappa shape index (κ1) is 12.5. The van der Waals surface area contributed by atoms with E-state index in [0.29, 0.717) is 6.07 Å². The van der Waals surface area contributed by atoms with Crippen LogP contribution in [0.1, 0.15) is 5.56 Å². The van der Waals surface area contributed by atoms with E-state index in [2.05, 4.69) is 0 Å². The summed E-state index contributed by atoms with van der Waals surface area (Å²) in [5.74, 6) is -3.35. The van der Waals surface area contributed by atoms with Crippen molar-refractivity contribution in [2.24, 2.45) is 0 Å². The molecule has 0 nitrogen and oxygen atoms in total. The first-order valence-corrected chi connectivity index (χ1v) is 2.86. The third-order valence-electron chi connectivity index (χ3n) is 1.18. The van der Waals surface area contributed by atoms with E-state index in [0.717, 1.165) is 6.07 Å². The Morgan fingerprint density at radius 1 is 1.15 bits per heavy atom. The van der Waals surface area contributed by atoms with Crippen LogP contribution in [0.15, 0.2) is 12.1 Å². The van der Waals surface area contributed by atoms with Gasteiger partial charge in [0.05, 0.1) is 0 Å². The standard InChI is InChI=1S/C7H2F5.Li/c8-4-2-1-3-5(9)6(4)7(10,11)12;/h1-2H;/q-1;+1. The summed E-state index contributed by atoms with van der Waals surface area (Å²) in [6, 6.07) is 2.88. The number of hydrogen-bond donors (Lipinski definition) is 0. The Hall–Kier alpha value is -0.533. The Morgan fingerprint density at radius 2 is 1.69 bits per heavy atom. The molecular weight excluding hydrogens is 186 g/mol. The molecule has 0 aliphatic rings. The van der Waals surface area contributed by atoms with Gasteiger partial charge < -0.3 is 0 Å². The topological polar surface area (TPSA) is 0 Å². The zero-order valence-electron chi connectivity index (χ0n) is 6.54. The number of benzene rings is 1. The zero-order chi connectivity index (χ0) is 9.35. The predicted octanol–water partition coefficient (Wildman–Crippen LogP) is -0.212. The minimum atomic E-state index is -5.01. The Kier molecular flexibility index (Phi) is 3.95. The second-order valence-electron chi connectivity index (χ2n) is 2.01. The Morgan fingerprint density at radius 3 is 2.00 bits per heavy atom. The third-order valence-corrected chi connectivity index (χ3v) is 1.18. The van der Waals surface area contributed by atoms with Crippen LogP contribution >= 0.6 is 0 Å². The Labute approximate surface area is 82.9 Å². The van der Waals surface area contributed by atoms with E-state index < -0.39 is 23.4 Å². The van der Waals surface area contributed by atoms with E-state index in [1.165, 1.54) is 0 Å². The van der Waals surface area contributed by atoms with Crippen molar-refractivity contribution in [3.8, 4) is 0 Å². The molecular formula is C7H2F5Li. The van der Waals surface area contributed by atoms with Gasteiger partial charge in [0.25, 0.3) is 0 Å². The maximum Gasteiger partial charge on any atom is 1.00 e. The van der Waals surface area contributed by atoms with Gasteiger partial charge in [-0.2, -0.15) is 19.2 Å². The van der Waals surface area contributed by atoms with Gasteiger partial charge >= 0.3 is 25.0 Å². The van der Waals surface area contributed by atoms with Gasteiger partial charge in [-0.25, -0.2) is 8.78 Å². The molecule has 0 aliphatic carbocycles. The predicted molar refractivity (Wildman–Crippen MR) is 30.2 cm³/mol. The summed E-state index contributed by atoms with van der Waals surface area (Å²) in [6.45, 7) is 0. The van der Waals surface area contributed by atoms with Crippen LogP contribution < -0.4 is 18.9 Å². The monoisotopic (exact) mass is 188 g/mol. The average molecular weight is 188 g/mol. The number of alkyl halides is 3. The van der Waals surface area contributed by atoms with Crippen molar-refractivity contribution >= 4 is 0 Å². The largest absolute Gasteiger partial charge is 1.00 e. The second-order valence-corrected chi connectivity index (χ2v) is 2.01. The minimum absolute atomic E-state index is 0. The molecule has 66 valence electrons. The Bertz CT molecular complexity index is 273. The van der Waals surface area contributed by atoms with Crippen LogP contribution in [0.5, 0.6) is 0 Å². The van der Waals surface area contributed by atoms with Gasteiger partial charge in [-0.3, -0.25) is 0 Å². The van der Waals surface area contributed by atoms with Crippen molar-refractivity contribution in [3.05, 3.63) is 35.4 Å². The Balaban J connectivity index is 0.00000144. The van der Waals surface area contributed by atoms with Crippen LogP contribution in [0.4, 0.5) is 22.0 Å². The van der Waals surface area contributed by atoms with Crippen molar-refractivity contribution in [3.63, 3.8) is 0 Å². The van der Waals surface area contributed by atoms with Crippen LogP contribution in [0.3, 0.4) is 0 Å². The van der Waals surface area contributed by atoms with Crippen LogP contribution in [0, 0.1) is 17.7 Å². The fourth-order valence-corrected chi connectivity index (χ4v) is 0.708. The van der Waals surface area contributed by atoms with E-state index in [1.807, 2.05) is 0 Å². The van der Waals surface area contributed by atoms with Crippen LogP contribution in [-0.2, 0) is 6.18 Å². The van der Waals surface area contributed by atoms with E-state index in [9.17, 15) is 22.0 Å². The summed E-state index contributed by atoms with van der Waals surface area (Å²) in [7, 11) is 0. The first-order valence-electron chi connectivity index (χ1n) is 2.86. The molecule has 0 radical (unpaired) electrons. The van der Waals surface area contributed by atoms with Crippen LogP contribution in [-0.4, -0.2) is 0 Å². The summed E-state index contributed by atoms with van der Waals surface area (Å²) >= 11 is 0. The minimum Gasteiger partial charge on any atom is -0.235 e. The molecule has 0 atom stereocenters. The van der Waals surface area contributed by atoms with Crippen LogP contribution in [0.25, 0.3) is 0 Å². The first-order chi connectivity index (χ1) is 5.43. The van der Waals surface area contributed by atoms with Crippen molar-refractivity contribution in [1.29, 1.82) is 0 Å². The molecule has 0 N–H and O–H groups in total. The summed E-state index contributed by atoms with van der Waals surface area (Å²) in [5.41, 5.74) is -1.90. The van der Waals surface area contributed by atoms with E-state index in [1.54, 1.807) is 6.07 Å². The van der Waals surface area contributed by atoms with Gasteiger partial charge in [-0.1, -0.05) is 0 Å². The number of rotatable bonds is 0. The summed E-state index contributed by atoms with van der Waals surface area (Å²) in [4.78, 5) is 0. The van der Waals surface area contributed by atoms with Gasteiger partial charge in [0, 0.05) is 17.2 Å². The molecule has 0 heterocycles. The molecule has 13 heavy (non-hydrogen) atoms. The molecule has 0 spiro atoms. The van der Waals surface area contributed by atoms with Gasteiger partial charge in [0.1, 0.15) is 0 Å². The molecule has 0 saturated carbocycles. The molecule has 0 bridgehead atoms. The normalized spacial score (nSPS) is 10.8. The van der Waals surface area contributed by atoms with E-state index in [4.69, 9.17) is 0 Å². The molecule has 6 heteroatoms. The van der Waals surface area contributed by atoms with Crippen molar-refractivity contribution < 1.29 is 40.8 Å². The molecule has 0 amide bonds. The van der Waals surface area contributed by atoms with Gasteiger partial charge in [0.2, 0.25) is 0 Å². The molecule has 1 aromatic carbocycles.